The third-order valence-electron chi connectivity index (χ3n) is 23.5. The Morgan fingerprint density at radius 1 is 0.478 bits per heavy atom. The normalized spacial score (nSPS) is 55.9. The molecule has 11 aliphatic rings. The van der Waals surface area contributed by atoms with Crippen LogP contribution in [0.25, 0.3) is 0 Å². The van der Waals surface area contributed by atoms with Gasteiger partial charge in [0.15, 0.2) is 43.5 Å². The van der Waals surface area contributed by atoms with Gasteiger partial charge in [-0.1, -0.05) is 27.7 Å². The number of ether oxygens (including phenoxy) is 13. The Morgan fingerprint density at radius 3 is 1.67 bits per heavy atom. The van der Waals surface area contributed by atoms with Crippen LogP contribution in [0.15, 0.2) is 0 Å². The summed E-state index contributed by atoms with van der Waals surface area (Å²) < 4.78 is 79.3. The first-order chi connectivity index (χ1) is 43.6. The fourth-order valence-electron chi connectivity index (χ4n) is 18.0. The lowest BCUT2D eigenvalue weighted by atomic mass is 9.44. The summed E-state index contributed by atoms with van der Waals surface area (Å²) in [5.74, 6) is -0.280. The second kappa shape index (κ2) is 28.8. The molecule has 0 aromatic heterocycles. The first kappa shape index (κ1) is 72.0. The third-order valence-corrected chi connectivity index (χ3v) is 23.5. The molecule has 0 aromatic rings. The van der Waals surface area contributed by atoms with E-state index in [0.29, 0.717) is 43.4 Å². The van der Waals surface area contributed by atoms with Crippen LogP contribution in [-0.2, 0) is 61.6 Å². The third kappa shape index (κ3) is 13.4. The minimum absolute atomic E-state index is 0.102. The summed E-state index contributed by atoms with van der Waals surface area (Å²) in [5, 5.41) is 195. The van der Waals surface area contributed by atoms with Crippen LogP contribution >= 0.6 is 0 Å². The van der Waals surface area contributed by atoms with Crippen molar-refractivity contribution < 1.29 is 153 Å². The standard InChI is InChI=1S/C61H102O31/c1-22(19-80-53-46(76)43(73)40(70)33(16-62)85-53)8-13-61(79)23(2)36-32(92-61)15-29-27-7-6-25-14-26(9-11-59(25,4)28(27)10-12-60(29,36)5)84-57-51(90-56-47(77)42(72)37(67)24(3)83-56)48(78)49(35(18-64)87-57)88-58-52(91-55-45(75)39(69)31(66)21-82-55)50(41(71)34(17-63)86-58)89-54-44(74)38(68)30(65)20-81-54/h22-58,62-79H,6-21H2,1-5H3. The lowest BCUT2D eigenvalue weighted by molar-refractivity contribution is -0.408. The van der Waals surface area contributed by atoms with Crippen molar-refractivity contribution in [2.45, 2.75) is 289 Å². The van der Waals surface area contributed by atoms with Crippen molar-refractivity contribution in [3.05, 3.63) is 0 Å². The minimum atomic E-state index is -1.96. The molecule has 0 spiro atoms. The second-order valence-electron chi connectivity index (χ2n) is 29.0. The lowest BCUT2D eigenvalue weighted by Crippen LogP contribution is -2.68. The Kier molecular flexibility index (Phi) is 22.5. The predicted octanol–water partition coefficient (Wildman–Crippen LogP) is -6.00. The summed E-state index contributed by atoms with van der Waals surface area (Å²) in [6.07, 6.45) is -40.3. The van der Waals surface area contributed by atoms with Gasteiger partial charge in [-0.3, -0.25) is 0 Å². The van der Waals surface area contributed by atoms with E-state index in [9.17, 15) is 91.9 Å². The molecule has 7 heterocycles. The van der Waals surface area contributed by atoms with E-state index in [1.807, 2.05) is 6.92 Å². The molecule has 18 N–H and O–H groups in total. The highest BCUT2D eigenvalue weighted by Gasteiger charge is 2.69. The molecule has 0 bridgehead atoms. The van der Waals surface area contributed by atoms with Gasteiger partial charge in [0.05, 0.1) is 58.0 Å². The summed E-state index contributed by atoms with van der Waals surface area (Å²) in [4.78, 5) is 0. The maximum atomic E-state index is 12.7. The van der Waals surface area contributed by atoms with E-state index >= 15 is 0 Å². The average molecular weight is 1330 g/mol. The lowest BCUT2D eigenvalue weighted by Gasteiger charge is -2.61. The van der Waals surface area contributed by atoms with E-state index in [2.05, 4.69) is 20.8 Å². The highest BCUT2D eigenvalue weighted by Crippen LogP contribution is 2.71. The van der Waals surface area contributed by atoms with Crippen LogP contribution in [0.3, 0.4) is 0 Å². The summed E-state index contributed by atoms with van der Waals surface area (Å²) in [7, 11) is 0. The second-order valence-corrected chi connectivity index (χ2v) is 29.0. The van der Waals surface area contributed by atoms with Crippen LogP contribution < -0.4 is 0 Å². The van der Waals surface area contributed by atoms with Crippen molar-refractivity contribution in [3.8, 4) is 0 Å². The Hall–Kier alpha value is -1.24. The van der Waals surface area contributed by atoms with E-state index in [4.69, 9.17) is 61.6 Å². The van der Waals surface area contributed by atoms with Crippen molar-refractivity contribution >= 4 is 0 Å². The van der Waals surface area contributed by atoms with Gasteiger partial charge in [-0.05, 0) is 111 Å². The van der Waals surface area contributed by atoms with E-state index in [1.165, 1.54) is 6.92 Å². The molecule has 0 aromatic carbocycles. The Bertz CT molecular complexity index is 2390. The highest BCUT2D eigenvalue weighted by molar-refractivity contribution is 5.15. The molecule has 31 heteroatoms. The van der Waals surface area contributed by atoms with Gasteiger partial charge >= 0.3 is 0 Å². The van der Waals surface area contributed by atoms with Crippen LogP contribution in [0.1, 0.15) is 98.8 Å². The molecule has 7 saturated heterocycles. The molecule has 532 valence electrons. The number of aliphatic hydroxyl groups excluding tert-OH is 17. The van der Waals surface area contributed by atoms with Crippen LogP contribution in [-0.4, -0.2) is 322 Å². The van der Waals surface area contributed by atoms with Crippen molar-refractivity contribution in [3.63, 3.8) is 0 Å². The van der Waals surface area contributed by atoms with Gasteiger partial charge in [0.2, 0.25) is 0 Å². The number of fused-ring (bicyclic) bond motifs is 7. The molecule has 4 saturated carbocycles. The quantitative estimate of drug-likeness (QED) is 0.0535. The summed E-state index contributed by atoms with van der Waals surface area (Å²) >= 11 is 0. The molecule has 0 radical (unpaired) electrons. The zero-order chi connectivity index (χ0) is 66.4. The van der Waals surface area contributed by atoms with Crippen molar-refractivity contribution in [2.24, 2.45) is 52.3 Å². The van der Waals surface area contributed by atoms with Gasteiger partial charge in [-0.2, -0.15) is 0 Å². The molecule has 11 rings (SSSR count). The maximum absolute atomic E-state index is 12.7. The molecule has 0 amide bonds. The fourth-order valence-corrected chi connectivity index (χ4v) is 18.0. The zero-order valence-electron chi connectivity index (χ0n) is 52.5. The molecule has 7 aliphatic heterocycles. The molecule has 92 heavy (non-hydrogen) atoms. The number of hydrogen-bond donors (Lipinski definition) is 18. The fraction of sp³-hybridized carbons (Fsp3) is 1.00. The molecule has 40 atom stereocenters. The smallest absolute Gasteiger partial charge is 0.187 e. The summed E-state index contributed by atoms with van der Waals surface area (Å²) in [6, 6.07) is 0. The first-order valence-electron chi connectivity index (χ1n) is 33.1. The number of rotatable bonds is 19. The Morgan fingerprint density at radius 2 is 1.02 bits per heavy atom. The van der Waals surface area contributed by atoms with Crippen LogP contribution in [0.4, 0.5) is 0 Å². The van der Waals surface area contributed by atoms with Crippen molar-refractivity contribution in [1.29, 1.82) is 0 Å². The predicted molar refractivity (Wildman–Crippen MR) is 303 cm³/mol. The van der Waals surface area contributed by atoms with Crippen LogP contribution in [0.2, 0.25) is 0 Å². The van der Waals surface area contributed by atoms with E-state index in [0.717, 1.165) is 38.5 Å². The van der Waals surface area contributed by atoms with E-state index in [1.54, 1.807) is 0 Å². The molecule has 31 nitrogen and oxygen atoms in total. The van der Waals surface area contributed by atoms with E-state index < -0.39 is 217 Å². The number of aliphatic hydroxyl groups is 18. The summed E-state index contributed by atoms with van der Waals surface area (Å²) in [5.41, 5.74) is -0.208. The zero-order valence-corrected chi connectivity index (χ0v) is 52.5. The largest absolute Gasteiger partial charge is 0.394 e. The molecular formula is C61H102O31. The van der Waals surface area contributed by atoms with E-state index in [-0.39, 0.29) is 47.2 Å². The average Bonchev–Trinajstić information content (AvgIpc) is 1.49. The van der Waals surface area contributed by atoms with Gasteiger partial charge in [0, 0.05) is 12.3 Å². The topological polar surface area (TPSA) is 484 Å². The maximum Gasteiger partial charge on any atom is 0.187 e. The van der Waals surface area contributed by atoms with Gasteiger partial charge in [-0.15, -0.1) is 0 Å². The SMILES string of the molecule is CC(CCC1(O)OC2CC3C4CCC5CC(OC6OC(CO)C(OC7OC(CO)C(O)C(OC8OCC(O)C(O)C8O)C7OC7OCC(O)C(O)C7O)C(O)C6OC6OC(C)C(O)C(O)C6O)CCC5(C)C4CCC3(C)C2C1C)COC1OC(CO)C(O)C(O)C1O. The first-order valence-corrected chi connectivity index (χ1v) is 33.1. The van der Waals surface area contributed by atoms with Crippen LogP contribution in [0, 0.1) is 52.3 Å². The van der Waals surface area contributed by atoms with Gasteiger partial charge in [-0.25, -0.2) is 0 Å². The molecule has 40 unspecified atom stereocenters. The van der Waals surface area contributed by atoms with Crippen molar-refractivity contribution in [1.82, 2.24) is 0 Å². The van der Waals surface area contributed by atoms with Gasteiger partial charge < -0.3 is 153 Å². The molecule has 11 fully saturated rings. The monoisotopic (exact) mass is 1330 g/mol. The van der Waals surface area contributed by atoms with Crippen LogP contribution in [0.5, 0.6) is 0 Å². The minimum Gasteiger partial charge on any atom is -0.394 e. The molecule has 4 aliphatic carbocycles. The highest BCUT2D eigenvalue weighted by atomic mass is 16.8. The van der Waals surface area contributed by atoms with Crippen molar-refractivity contribution in [2.75, 3.05) is 39.6 Å². The molecular weight excluding hydrogens is 1230 g/mol. The number of hydrogen-bond acceptors (Lipinski definition) is 31. The Balaban J connectivity index is 0.773. The van der Waals surface area contributed by atoms with Gasteiger partial charge in [0.25, 0.3) is 0 Å². The Labute approximate surface area is 532 Å². The van der Waals surface area contributed by atoms with Gasteiger partial charge in [0.1, 0.15) is 128 Å². The summed E-state index contributed by atoms with van der Waals surface area (Å²) in [6.45, 7) is 6.84.